The number of aryl methyl sites for hydroxylation is 2. The van der Waals surface area contributed by atoms with Crippen LogP contribution in [0.3, 0.4) is 0 Å². The van der Waals surface area contributed by atoms with E-state index in [1.807, 2.05) is 45.7 Å². The molecule has 0 radical (unpaired) electrons. The number of fused-ring (bicyclic) bond motifs is 12. The molecule has 17 heteroatoms. The predicted molar refractivity (Wildman–Crippen MR) is 291 cm³/mol. The van der Waals surface area contributed by atoms with Gasteiger partial charge in [0, 0.05) is 99.2 Å². The van der Waals surface area contributed by atoms with Crippen LogP contribution in [0.15, 0.2) is 56.7 Å². The monoisotopic (exact) mass is 1060 g/mol. The highest BCUT2D eigenvalue weighted by Gasteiger charge is 2.59. The van der Waals surface area contributed by atoms with E-state index < -0.39 is 30.2 Å². The van der Waals surface area contributed by atoms with Crippen LogP contribution in [0.1, 0.15) is 119 Å². The molecule has 10 atom stereocenters. The van der Waals surface area contributed by atoms with Crippen LogP contribution in [-0.2, 0) is 41.6 Å². The molecule has 3 N–H and O–H groups in total. The number of benzene rings is 2. The number of nitriles is 2. The van der Waals surface area contributed by atoms with Crippen molar-refractivity contribution in [3.63, 3.8) is 0 Å². The second-order valence-electron chi connectivity index (χ2n) is 23.4. The van der Waals surface area contributed by atoms with Gasteiger partial charge in [-0.2, -0.15) is 10.5 Å². The van der Waals surface area contributed by atoms with Gasteiger partial charge in [0.1, 0.15) is 17.8 Å². The summed E-state index contributed by atoms with van der Waals surface area (Å²) in [5.74, 6) is -0.0713. The van der Waals surface area contributed by atoms with E-state index in [9.17, 15) is 44.4 Å². The Kier molecular flexibility index (Phi) is 14.9. The third kappa shape index (κ3) is 8.46. The molecule has 6 aliphatic heterocycles. The number of likely N-dealkylation sites (N-methyl/N-ethyl adjacent to an activating group) is 2. The number of ketones is 4. The molecular formula is C61H74N8O9. The Morgan fingerprint density at radius 1 is 0.603 bits per heavy atom. The van der Waals surface area contributed by atoms with Gasteiger partial charge < -0.3 is 25.2 Å². The largest absolute Gasteiger partial charge is 0.504 e. The number of methoxy groups -OCH3 is 2. The fraction of sp³-hybridized carbons (Fsp3) is 0.541. The first-order valence-corrected chi connectivity index (χ1v) is 27.3. The molecule has 0 unspecified atom stereocenters. The Labute approximate surface area is 457 Å². The molecule has 2 amide bonds. The summed E-state index contributed by atoms with van der Waals surface area (Å²) in [5, 5.41) is 38.5. The van der Waals surface area contributed by atoms with Gasteiger partial charge in [-0.05, 0) is 122 Å². The molecule has 0 spiro atoms. The van der Waals surface area contributed by atoms with E-state index in [0.717, 1.165) is 33.6 Å². The van der Waals surface area contributed by atoms with Crippen molar-refractivity contribution >= 4 is 34.9 Å². The lowest BCUT2D eigenvalue weighted by Crippen LogP contribution is -2.71. The number of ether oxygens (including phenoxy) is 2. The van der Waals surface area contributed by atoms with Crippen molar-refractivity contribution in [3.8, 4) is 29.4 Å². The van der Waals surface area contributed by atoms with Crippen LogP contribution in [0.25, 0.3) is 0 Å². The molecule has 0 saturated carbocycles. The molecule has 412 valence electrons. The smallest absolute Gasteiger partial charge is 0.222 e. The zero-order valence-corrected chi connectivity index (χ0v) is 47.7. The highest BCUT2D eigenvalue weighted by molar-refractivity contribution is 6.26. The lowest BCUT2D eigenvalue weighted by Gasteiger charge is -2.60. The highest BCUT2D eigenvalue weighted by Crippen LogP contribution is 2.55. The minimum Gasteiger partial charge on any atom is -0.504 e. The molecule has 2 fully saturated rings. The summed E-state index contributed by atoms with van der Waals surface area (Å²) in [6, 6.07) is 5.53. The SMILES string of the molecule is COc1c(C)cc2c(c1C)[C@@H]1[C@@H]3CC4=C(C(=O)C(C)=C(C)C4=O)[C@H](CNC(=O)C(C)C)N3[C@@H](C#N)[C@H](C2)N1C.COc1c(C)cc2c(c1O)[C@@H]1[C@@H]3CC4=C(C(=O)C(C)=C(C)C4=O)[C@H](CNC(=O)C(C)C)N3[C@@H](C#N)[C@H](C2)N1C. The van der Waals surface area contributed by atoms with Crippen molar-refractivity contribution in [1.82, 2.24) is 30.2 Å². The van der Waals surface area contributed by atoms with Crippen LogP contribution >= 0.6 is 0 Å². The summed E-state index contributed by atoms with van der Waals surface area (Å²) in [5.41, 5.74) is 10.6. The van der Waals surface area contributed by atoms with E-state index in [0.29, 0.717) is 69.6 Å². The van der Waals surface area contributed by atoms with E-state index in [-0.39, 0.29) is 102 Å². The molecule has 4 bridgehead atoms. The fourth-order valence-electron chi connectivity index (χ4n) is 14.6. The highest BCUT2D eigenvalue weighted by atomic mass is 16.5. The van der Waals surface area contributed by atoms with Gasteiger partial charge >= 0.3 is 0 Å². The van der Waals surface area contributed by atoms with Crippen LogP contribution < -0.4 is 20.1 Å². The number of hydrogen-bond acceptors (Lipinski definition) is 15. The number of carbonyl (C=O) groups is 6. The maximum Gasteiger partial charge on any atom is 0.222 e. The topological polar surface area (TPSA) is 226 Å². The van der Waals surface area contributed by atoms with Crippen LogP contribution in [0.5, 0.6) is 17.2 Å². The number of piperazine rings is 2. The molecule has 2 saturated heterocycles. The number of amides is 2. The van der Waals surface area contributed by atoms with E-state index in [1.54, 1.807) is 48.7 Å². The zero-order chi connectivity index (χ0) is 57.0. The second-order valence-corrected chi connectivity index (χ2v) is 23.4. The van der Waals surface area contributed by atoms with Gasteiger partial charge in [0.2, 0.25) is 11.8 Å². The number of phenolic OH excluding ortho intramolecular Hbond substituents is 1. The van der Waals surface area contributed by atoms with E-state index in [4.69, 9.17) is 9.47 Å². The first kappa shape index (κ1) is 56.0. The molecule has 10 rings (SSSR count). The number of Topliss-reactive ketones (excluding diaryl/α,β-unsaturated/α-hetero) is 4. The molecule has 2 aromatic rings. The molecule has 0 aromatic heterocycles. The van der Waals surface area contributed by atoms with Crippen molar-refractivity contribution in [2.45, 2.75) is 162 Å². The van der Waals surface area contributed by atoms with Crippen molar-refractivity contribution in [2.24, 2.45) is 11.8 Å². The van der Waals surface area contributed by atoms with Gasteiger partial charge in [-0.1, -0.05) is 39.8 Å². The number of allylic oxidation sites excluding steroid dienone is 4. The zero-order valence-electron chi connectivity index (χ0n) is 47.7. The van der Waals surface area contributed by atoms with Gasteiger partial charge in [-0.3, -0.25) is 48.4 Å². The lowest BCUT2D eigenvalue weighted by atomic mass is 9.68. The number of nitrogens with one attached hydrogen (secondary N) is 2. The van der Waals surface area contributed by atoms with Crippen LogP contribution in [0.4, 0.5) is 0 Å². The molecular weight excluding hydrogens is 989 g/mol. The predicted octanol–water partition coefficient (Wildman–Crippen LogP) is 5.63. The van der Waals surface area contributed by atoms with Gasteiger partial charge in [0.25, 0.3) is 0 Å². The van der Waals surface area contributed by atoms with E-state index in [2.05, 4.69) is 57.5 Å². The molecule has 6 heterocycles. The van der Waals surface area contributed by atoms with Gasteiger partial charge in [-0.15, -0.1) is 0 Å². The summed E-state index contributed by atoms with van der Waals surface area (Å²) in [6.07, 6.45) is 1.85. The Balaban J connectivity index is 0.000000190. The third-order valence-electron chi connectivity index (χ3n) is 18.7. The first-order valence-electron chi connectivity index (χ1n) is 27.3. The summed E-state index contributed by atoms with van der Waals surface area (Å²) >= 11 is 0. The molecule has 78 heavy (non-hydrogen) atoms. The normalized spacial score (nSPS) is 28.7. The summed E-state index contributed by atoms with van der Waals surface area (Å²) < 4.78 is 11.3. The van der Waals surface area contributed by atoms with Crippen LogP contribution in [-0.4, -0.2) is 149 Å². The van der Waals surface area contributed by atoms with Crippen molar-refractivity contribution < 1.29 is 43.3 Å². The molecule has 17 nitrogen and oxygen atoms in total. The minimum absolute atomic E-state index is 0.0700. The number of aromatic hydroxyl groups is 1. The minimum atomic E-state index is -0.652. The first-order chi connectivity index (χ1) is 36.9. The number of carbonyl (C=O) groups excluding carboxylic acids is 6. The Morgan fingerprint density at radius 2 is 0.974 bits per heavy atom. The summed E-state index contributed by atoms with van der Waals surface area (Å²) in [6.45, 7) is 20.3. The van der Waals surface area contributed by atoms with Gasteiger partial charge in [-0.25, -0.2) is 0 Å². The lowest BCUT2D eigenvalue weighted by molar-refractivity contribution is -0.126. The number of rotatable bonds is 8. The number of phenols is 1. The number of nitrogens with zero attached hydrogens (tertiary/aromatic N) is 6. The van der Waals surface area contributed by atoms with E-state index >= 15 is 0 Å². The molecule has 2 aromatic carbocycles. The summed E-state index contributed by atoms with van der Waals surface area (Å²) in [4.78, 5) is 88.7. The quantitative estimate of drug-likeness (QED) is 0.273. The van der Waals surface area contributed by atoms with E-state index in [1.165, 1.54) is 18.2 Å². The maximum absolute atomic E-state index is 13.7. The third-order valence-corrected chi connectivity index (χ3v) is 18.7. The van der Waals surface area contributed by atoms with Crippen molar-refractivity contribution in [1.29, 1.82) is 10.5 Å². The number of hydrogen-bond donors (Lipinski definition) is 3. The van der Waals surface area contributed by atoms with Crippen molar-refractivity contribution in [2.75, 3.05) is 41.4 Å². The second kappa shape index (κ2) is 20.8. The van der Waals surface area contributed by atoms with Gasteiger partial charge in [0.15, 0.2) is 34.6 Å². The molecule has 8 aliphatic rings. The Bertz CT molecular complexity index is 3010. The maximum atomic E-state index is 13.7. The van der Waals surface area contributed by atoms with Crippen LogP contribution in [0, 0.1) is 55.3 Å². The average Bonchev–Trinajstić information content (AvgIpc) is 3.47. The Morgan fingerprint density at radius 3 is 1.36 bits per heavy atom. The van der Waals surface area contributed by atoms with Crippen molar-refractivity contribution in [3.05, 3.63) is 95.7 Å². The standard InChI is InChI=1S/C31H38N4O4.C30H36N4O5/c1-14(2)31(38)33-13-24-26-20(28(36)16(4)17(5)29(26)37)11-22-27-25-18(6)30(39-8)15(3)9-19(25)10-21(34(27)7)23(12-32)35(22)24;1-13(2)30(38)32-12-22-24-18(26(35)15(4)16(5)27(24)36)10-20-25-23-17(8-14(3)29(39-7)28(23)37)9-19(33(25)6)21(11-31)34(20)22/h9,14,21-24,27H,10-11,13H2,1-8H3,(H,33,38);8,13,19-22,25,37H,9-10,12H2,1-7H3,(H,32,38)/t21-,22-,23-,24-,27-;19-,20-,21-,22-,25-/m00/s1. The van der Waals surface area contributed by atoms with Gasteiger partial charge in [0.05, 0.1) is 50.5 Å². The molecule has 2 aliphatic carbocycles. The average molecular weight is 1060 g/mol. The van der Waals surface area contributed by atoms with Crippen LogP contribution in [0.2, 0.25) is 0 Å². The fourth-order valence-corrected chi connectivity index (χ4v) is 14.6. The summed E-state index contributed by atoms with van der Waals surface area (Å²) in [7, 11) is 7.23. The Hall–Kier alpha value is -6.76.